The Balaban J connectivity index is 2.28. The molecule has 1 aliphatic rings. The van der Waals surface area contributed by atoms with Gasteiger partial charge in [0.15, 0.2) is 0 Å². The van der Waals surface area contributed by atoms with Gasteiger partial charge in [0.05, 0.1) is 17.3 Å². The molecule has 0 aromatic carbocycles. The summed E-state index contributed by atoms with van der Waals surface area (Å²) in [5.74, 6) is 0. The summed E-state index contributed by atoms with van der Waals surface area (Å²) in [6, 6.07) is 3.94. The van der Waals surface area contributed by atoms with Crippen LogP contribution in [0.25, 0.3) is 0 Å². The van der Waals surface area contributed by atoms with Crippen molar-refractivity contribution in [1.29, 1.82) is 0 Å². The van der Waals surface area contributed by atoms with Gasteiger partial charge in [0.2, 0.25) is 0 Å². The highest BCUT2D eigenvalue weighted by atomic mass is 16.7. The van der Waals surface area contributed by atoms with Gasteiger partial charge in [-0.25, -0.2) is 0 Å². The SMILES string of the molecule is Cc1cc(B2OC(C)(C)C(C)(C)O2)cc(CC(C)O)n1. The topological polar surface area (TPSA) is 51.6 Å². The molecule has 1 saturated heterocycles. The van der Waals surface area contributed by atoms with Crippen LogP contribution in [0.5, 0.6) is 0 Å². The van der Waals surface area contributed by atoms with Crippen molar-refractivity contribution in [3.63, 3.8) is 0 Å². The molecule has 110 valence electrons. The molecule has 0 bridgehead atoms. The lowest BCUT2D eigenvalue weighted by Gasteiger charge is -2.32. The summed E-state index contributed by atoms with van der Waals surface area (Å²) in [4.78, 5) is 4.45. The van der Waals surface area contributed by atoms with E-state index in [-0.39, 0.29) is 18.3 Å². The first kappa shape index (κ1) is 15.5. The second-order valence-corrected chi connectivity index (χ2v) is 6.67. The van der Waals surface area contributed by atoms with Gasteiger partial charge in [-0.1, -0.05) is 0 Å². The molecule has 2 heterocycles. The van der Waals surface area contributed by atoms with Crippen molar-refractivity contribution in [2.45, 2.75) is 65.3 Å². The molecule has 0 saturated carbocycles. The monoisotopic (exact) mass is 277 g/mol. The summed E-state index contributed by atoms with van der Waals surface area (Å²) >= 11 is 0. The maximum Gasteiger partial charge on any atom is 0.494 e. The van der Waals surface area contributed by atoms with Crippen LogP contribution < -0.4 is 5.46 Å². The number of aromatic nitrogens is 1. The Labute approximate surface area is 121 Å². The molecule has 1 aromatic heterocycles. The first-order chi connectivity index (χ1) is 9.10. The average molecular weight is 277 g/mol. The zero-order chi connectivity index (χ0) is 15.1. The molecule has 5 heteroatoms. The van der Waals surface area contributed by atoms with Crippen LogP contribution in [0.4, 0.5) is 0 Å². The molecule has 1 atom stereocenters. The van der Waals surface area contributed by atoms with Gasteiger partial charge in [0.25, 0.3) is 0 Å². The summed E-state index contributed by atoms with van der Waals surface area (Å²) in [6.45, 7) is 11.9. The van der Waals surface area contributed by atoms with Crippen LogP contribution in [0.3, 0.4) is 0 Å². The van der Waals surface area contributed by atoms with Crippen molar-refractivity contribution in [1.82, 2.24) is 4.98 Å². The van der Waals surface area contributed by atoms with Crippen LogP contribution in [-0.4, -0.2) is 34.5 Å². The zero-order valence-corrected chi connectivity index (χ0v) is 13.2. The quantitative estimate of drug-likeness (QED) is 0.853. The third-order valence-corrected chi connectivity index (χ3v) is 4.06. The van der Waals surface area contributed by atoms with Crippen molar-refractivity contribution in [3.8, 4) is 0 Å². The number of aliphatic hydroxyl groups excluding tert-OH is 1. The largest absolute Gasteiger partial charge is 0.494 e. The fraction of sp³-hybridized carbons (Fsp3) is 0.667. The van der Waals surface area contributed by atoms with E-state index in [1.165, 1.54) is 0 Å². The van der Waals surface area contributed by atoms with Gasteiger partial charge in [-0.3, -0.25) is 4.98 Å². The second kappa shape index (κ2) is 5.13. The smallest absolute Gasteiger partial charge is 0.399 e. The molecule has 2 rings (SSSR count). The molecular weight excluding hydrogens is 253 g/mol. The molecule has 1 aliphatic heterocycles. The summed E-state index contributed by atoms with van der Waals surface area (Å²) in [5.41, 5.74) is 2.04. The number of hydrogen-bond acceptors (Lipinski definition) is 4. The van der Waals surface area contributed by atoms with E-state index in [0.29, 0.717) is 6.42 Å². The highest BCUT2D eigenvalue weighted by molar-refractivity contribution is 6.62. The van der Waals surface area contributed by atoms with Crippen molar-refractivity contribution in [2.24, 2.45) is 0 Å². The van der Waals surface area contributed by atoms with E-state index in [2.05, 4.69) is 4.98 Å². The number of aliphatic hydroxyl groups is 1. The molecule has 0 amide bonds. The molecule has 1 unspecified atom stereocenters. The third kappa shape index (κ3) is 3.05. The van der Waals surface area contributed by atoms with E-state index in [1.54, 1.807) is 6.92 Å². The Morgan fingerprint density at radius 1 is 1.20 bits per heavy atom. The van der Waals surface area contributed by atoms with Crippen LogP contribution in [0, 0.1) is 6.92 Å². The summed E-state index contributed by atoms with van der Waals surface area (Å²) in [5, 5.41) is 9.52. The molecule has 20 heavy (non-hydrogen) atoms. The number of nitrogens with zero attached hydrogens (tertiary/aromatic N) is 1. The van der Waals surface area contributed by atoms with Gasteiger partial charge in [-0.15, -0.1) is 0 Å². The summed E-state index contributed by atoms with van der Waals surface area (Å²) < 4.78 is 12.1. The van der Waals surface area contributed by atoms with E-state index in [1.807, 2.05) is 46.8 Å². The Morgan fingerprint density at radius 3 is 2.25 bits per heavy atom. The number of pyridine rings is 1. The standard InChI is InChI=1S/C15H24BNO3/c1-10-7-12(9-13(17-10)8-11(2)18)16-19-14(3,4)15(5,6)20-16/h7,9,11,18H,8H2,1-6H3. The van der Waals surface area contributed by atoms with Gasteiger partial charge < -0.3 is 14.4 Å². The van der Waals surface area contributed by atoms with Gasteiger partial charge in [0, 0.05) is 17.8 Å². The van der Waals surface area contributed by atoms with Crippen LogP contribution in [0.15, 0.2) is 12.1 Å². The molecule has 1 N–H and O–H groups in total. The fourth-order valence-corrected chi connectivity index (χ4v) is 2.29. The molecular formula is C15H24BNO3. The normalized spacial score (nSPS) is 22.1. The van der Waals surface area contributed by atoms with Crippen LogP contribution in [0.2, 0.25) is 0 Å². The molecule has 0 aliphatic carbocycles. The average Bonchev–Trinajstić information content (AvgIpc) is 2.46. The number of aryl methyl sites for hydroxylation is 1. The van der Waals surface area contributed by atoms with E-state index < -0.39 is 6.10 Å². The number of hydrogen-bond donors (Lipinski definition) is 1. The van der Waals surface area contributed by atoms with Crippen LogP contribution >= 0.6 is 0 Å². The minimum absolute atomic E-state index is 0.348. The molecule has 0 spiro atoms. The highest BCUT2D eigenvalue weighted by Crippen LogP contribution is 2.36. The highest BCUT2D eigenvalue weighted by Gasteiger charge is 2.51. The predicted octanol–water partition coefficient (Wildman–Crippen LogP) is 1.61. The Morgan fingerprint density at radius 2 is 1.75 bits per heavy atom. The lowest BCUT2D eigenvalue weighted by molar-refractivity contribution is 0.00578. The number of rotatable bonds is 3. The van der Waals surface area contributed by atoms with Gasteiger partial charge in [-0.2, -0.15) is 0 Å². The van der Waals surface area contributed by atoms with Crippen molar-refractivity contribution < 1.29 is 14.4 Å². The minimum atomic E-state index is -0.407. The molecule has 1 aromatic rings. The van der Waals surface area contributed by atoms with Crippen LogP contribution in [0.1, 0.15) is 46.0 Å². The molecule has 1 fully saturated rings. The molecule has 0 radical (unpaired) electrons. The van der Waals surface area contributed by atoms with E-state index >= 15 is 0 Å². The van der Waals surface area contributed by atoms with Gasteiger partial charge in [0.1, 0.15) is 0 Å². The Hall–Kier alpha value is -0.905. The van der Waals surface area contributed by atoms with Crippen molar-refractivity contribution in [2.75, 3.05) is 0 Å². The second-order valence-electron chi connectivity index (χ2n) is 6.67. The Kier molecular flexibility index (Phi) is 3.97. The van der Waals surface area contributed by atoms with Gasteiger partial charge >= 0.3 is 7.12 Å². The van der Waals surface area contributed by atoms with Gasteiger partial charge in [-0.05, 0) is 59.1 Å². The first-order valence-corrected chi connectivity index (χ1v) is 7.12. The maximum absolute atomic E-state index is 9.52. The molecule has 4 nitrogen and oxygen atoms in total. The summed E-state index contributed by atoms with van der Waals surface area (Å²) in [6.07, 6.45) is 0.129. The first-order valence-electron chi connectivity index (χ1n) is 7.12. The van der Waals surface area contributed by atoms with Crippen molar-refractivity contribution >= 4 is 12.6 Å². The maximum atomic E-state index is 9.52. The van der Waals surface area contributed by atoms with E-state index in [0.717, 1.165) is 16.9 Å². The fourth-order valence-electron chi connectivity index (χ4n) is 2.29. The summed E-state index contributed by atoms with van der Waals surface area (Å²) in [7, 11) is -0.380. The zero-order valence-electron chi connectivity index (χ0n) is 13.2. The van der Waals surface area contributed by atoms with Crippen LogP contribution in [-0.2, 0) is 15.7 Å². The van der Waals surface area contributed by atoms with Crippen molar-refractivity contribution in [3.05, 3.63) is 23.5 Å². The Bertz CT molecular complexity index is 484. The lowest BCUT2D eigenvalue weighted by atomic mass is 9.78. The minimum Gasteiger partial charge on any atom is -0.399 e. The predicted molar refractivity (Wildman–Crippen MR) is 80.1 cm³/mol. The van der Waals surface area contributed by atoms with E-state index in [9.17, 15) is 5.11 Å². The lowest BCUT2D eigenvalue weighted by Crippen LogP contribution is -2.41. The third-order valence-electron chi connectivity index (χ3n) is 4.06. The van der Waals surface area contributed by atoms with E-state index in [4.69, 9.17) is 9.31 Å².